The van der Waals surface area contributed by atoms with Gasteiger partial charge >= 0.3 is 0 Å². The molecule has 0 aromatic rings. The van der Waals surface area contributed by atoms with Gasteiger partial charge in [-0.25, -0.2) is 5.43 Å². The minimum atomic E-state index is 0.166. The molecule has 3 N–H and O–H groups in total. The molecule has 1 rings (SSSR count). The van der Waals surface area contributed by atoms with Gasteiger partial charge in [0.2, 0.25) is 5.91 Å². The van der Waals surface area contributed by atoms with Crippen LogP contribution in [-0.4, -0.2) is 30.0 Å². The third-order valence-electron chi connectivity index (χ3n) is 2.17. The molecule has 70 valence electrons. The molecule has 4 heteroatoms. The lowest BCUT2D eigenvalue weighted by Gasteiger charge is -2.18. The summed E-state index contributed by atoms with van der Waals surface area (Å²) in [5, 5.41) is 1.63. The fraction of sp³-hybridized carbons (Fsp3) is 0.875. The molecule has 12 heavy (non-hydrogen) atoms. The van der Waals surface area contributed by atoms with Crippen LogP contribution in [0.15, 0.2) is 0 Å². The van der Waals surface area contributed by atoms with Crippen molar-refractivity contribution in [3.8, 4) is 0 Å². The average molecular weight is 171 g/mol. The van der Waals surface area contributed by atoms with Crippen LogP contribution in [0.5, 0.6) is 0 Å². The number of carbonyl (C=O) groups is 1. The molecular formula is C8H17N3O. The zero-order valence-corrected chi connectivity index (χ0v) is 7.71. The highest BCUT2D eigenvalue weighted by Crippen LogP contribution is 2.14. The maximum atomic E-state index is 11.3. The number of hydrazine groups is 1. The SMILES string of the molecule is CC(C)C1CC(=O)N(CCN)N1. The van der Waals surface area contributed by atoms with E-state index in [9.17, 15) is 4.79 Å². The number of rotatable bonds is 3. The molecule has 1 aliphatic rings. The van der Waals surface area contributed by atoms with Gasteiger partial charge in [0, 0.05) is 25.6 Å². The molecule has 0 bridgehead atoms. The first-order chi connectivity index (χ1) is 5.65. The van der Waals surface area contributed by atoms with Crippen LogP contribution in [0.25, 0.3) is 0 Å². The van der Waals surface area contributed by atoms with Crippen molar-refractivity contribution in [2.75, 3.05) is 13.1 Å². The zero-order chi connectivity index (χ0) is 9.14. The lowest BCUT2D eigenvalue weighted by atomic mass is 10.0. The summed E-state index contributed by atoms with van der Waals surface area (Å²) in [5.74, 6) is 0.663. The quantitative estimate of drug-likeness (QED) is 0.613. The van der Waals surface area contributed by atoms with E-state index >= 15 is 0 Å². The average Bonchev–Trinajstić information content (AvgIpc) is 2.34. The molecule has 0 aromatic carbocycles. The normalized spacial score (nSPS) is 24.2. The molecule has 0 aromatic heterocycles. The maximum Gasteiger partial charge on any atom is 0.238 e. The molecule has 0 aliphatic carbocycles. The lowest BCUT2D eigenvalue weighted by molar-refractivity contribution is -0.129. The van der Waals surface area contributed by atoms with E-state index in [4.69, 9.17) is 5.73 Å². The number of hydrogen-bond donors (Lipinski definition) is 2. The molecule has 4 nitrogen and oxygen atoms in total. The van der Waals surface area contributed by atoms with E-state index in [1.54, 1.807) is 5.01 Å². The van der Waals surface area contributed by atoms with Gasteiger partial charge in [0.15, 0.2) is 0 Å². The van der Waals surface area contributed by atoms with Crippen LogP contribution < -0.4 is 11.2 Å². The van der Waals surface area contributed by atoms with E-state index in [-0.39, 0.29) is 5.91 Å². The molecule has 0 radical (unpaired) electrons. The highest BCUT2D eigenvalue weighted by molar-refractivity contribution is 5.78. The first-order valence-corrected chi connectivity index (χ1v) is 4.41. The number of nitrogens with two attached hydrogens (primary N) is 1. The van der Waals surface area contributed by atoms with Crippen molar-refractivity contribution < 1.29 is 4.79 Å². The summed E-state index contributed by atoms with van der Waals surface area (Å²) in [5.41, 5.74) is 8.50. The molecule has 1 atom stereocenters. The van der Waals surface area contributed by atoms with Crippen LogP contribution in [0.3, 0.4) is 0 Å². The highest BCUT2D eigenvalue weighted by atomic mass is 16.2. The van der Waals surface area contributed by atoms with Gasteiger partial charge in [-0.2, -0.15) is 0 Å². The van der Waals surface area contributed by atoms with E-state index in [0.29, 0.717) is 31.5 Å². The second-order valence-electron chi connectivity index (χ2n) is 3.52. The fourth-order valence-corrected chi connectivity index (χ4v) is 1.32. The Bertz CT molecular complexity index is 170. The summed E-state index contributed by atoms with van der Waals surface area (Å²) in [4.78, 5) is 11.3. The van der Waals surface area contributed by atoms with Gasteiger partial charge in [-0.05, 0) is 5.92 Å². The molecule has 1 unspecified atom stereocenters. The summed E-state index contributed by atoms with van der Waals surface area (Å²) < 4.78 is 0. The molecule has 1 aliphatic heterocycles. The van der Waals surface area contributed by atoms with Crippen LogP contribution in [0.4, 0.5) is 0 Å². The van der Waals surface area contributed by atoms with E-state index in [1.807, 2.05) is 0 Å². The lowest BCUT2D eigenvalue weighted by Crippen LogP contribution is -2.41. The van der Waals surface area contributed by atoms with Crippen LogP contribution >= 0.6 is 0 Å². The Hall–Kier alpha value is -0.610. The van der Waals surface area contributed by atoms with Crippen molar-refractivity contribution >= 4 is 5.91 Å². The highest BCUT2D eigenvalue weighted by Gasteiger charge is 2.29. The molecule has 1 fully saturated rings. The largest absolute Gasteiger partial charge is 0.329 e. The summed E-state index contributed by atoms with van der Waals surface area (Å²) in [6, 6.07) is 0.295. The van der Waals surface area contributed by atoms with Crippen LogP contribution in [0.2, 0.25) is 0 Å². The molecular weight excluding hydrogens is 154 g/mol. The Morgan fingerprint density at radius 3 is 2.83 bits per heavy atom. The van der Waals surface area contributed by atoms with Crippen molar-refractivity contribution in [3.05, 3.63) is 0 Å². The first-order valence-electron chi connectivity index (χ1n) is 4.41. The maximum absolute atomic E-state index is 11.3. The third kappa shape index (κ3) is 1.95. The minimum absolute atomic E-state index is 0.166. The monoisotopic (exact) mass is 171 g/mol. The van der Waals surface area contributed by atoms with Crippen molar-refractivity contribution in [2.45, 2.75) is 26.3 Å². The Kier molecular flexibility index (Phi) is 3.05. The molecule has 1 heterocycles. The van der Waals surface area contributed by atoms with E-state index in [0.717, 1.165) is 0 Å². The fourth-order valence-electron chi connectivity index (χ4n) is 1.32. The number of carbonyl (C=O) groups excluding carboxylic acids is 1. The second kappa shape index (κ2) is 3.87. The van der Waals surface area contributed by atoms with Crippen LogP contribution in [0.1, 0.15) is 20.3 Å². The predicted molar refractivity (Wildman–Crippen MR) is 47.1 cm³/mol. The topological polar surface area (TPSA) is 58.4 Å². The predicted octanol–water partition coefficient (Wildman–Crippen LogP) is -0.293. The summed E-state index contributed by atoms with van der Waals surface area (Å²) in [6.45, 7) is 5.35. The van der Waals surface area contributed by atoms with E-state index in [1.165, 1.54) is 0 Å². The van der Waals surface area contributed by atoms with Gasteiger partial charge in [0.25, 0.3) is 0 Å². The Morgan fingerprint density at radius 2 is 2.42 bits per heavy atom. The number of nitrogens with zero attached hydrogens (tertiary/aromatic N) is 1. The van der Waals surface area contributed by atoms with Gasteiger partial charge < -0.3 is 5.73 Å². The second-order valence-corrected chi connectivity index (χ2v) is 3.52. The zero-order valence-electron chi connectivity index (χ0n) is 7.71. The van der Waals surface area contributed by atoms with Gasteiger partial charge in [-0.1, -0.05) is 13.8 Å². The van der Waals surface area contributed by atoms with Crippen LogP contribution in [-0.2, 0) is 4.79 Å². The number of hydrogen-bond acceptors (Lipinski definition) is 3. The van der Waals surface area contributed by atoms with Gasteiger partial charge in [0.1, 0.15) is 0 Å². The third-order valence-corrected chi connectivity index (χ3v) is 2.17. The van der Waals surface area contributed by atoms with Crippen molar-refractivity contribution in [3.63, 3.8) is 0 Å². The Morgan fingerprint density at radius 1 is 1.75 bits per heavy atom. The number of nitrogens with one attached hydrogen (secondary N) is 1. The van der Waals surface area contributed by atoms with E-state index < -0.39 is 0 Å². The van der Waals surface area contributed by atoms with Crippen molar-refractivity contribution in [1.29, 1.82) is 0 Å². The summed E-state index contributed by atoms with van der Waals surface area (Å²) >= 11 is 0. The standard InChI is InChI=1S/C8H17N3O/c1-6(2)7-5-8(12)11(10-7)4-3-9/h6-7,10H,3-5,9H2,1-2H3. The van der Waals surface area contributed by atoms with Crippen LogP contribution in [0, 0.1) is 5.92 Å². The van der Waals surface area contributed by atoms with Gasteiger partial charge in [-0.3, -0.25) is 9.80 Å². The molecule has 0 saturated carbocycles. The van der Waals surface area contributed by atoms with Crippen molar-refractivity contribution in [2.24, 2.45) is 11.7 Å². The van der Waals surface area contributed by atoms with Gasteiger partial charge in [-0.15, -0.1) is 0 Å². The Balaban J connectivity index is 2.44. The number of amides is 1. The summed E-state index contributed by atoms with van der Waals surface area (Å²) in [6.07, 6.45) is 0.609. The smallest absolute Gasteiger partial charge is 0.238 e. The summed E-state index contributed by atoms with van der Waals surface area (Å²) in [7, 11) is 0. The Labute approximate surface area is 73.1 Å². The molecule has 1 saturated heterocycles. The van der Waals surface area contributed by atoms with Gasteiger partial charge in [0.05, 0.1) is 0 Å². The minimum Gasteiger partial charge on any atom is -0.329 e. The molecule has 0 spiro atoms. The van der Waals surface area contributed by atoms with E-state index in [2.05, 4.69) is 19.3 Å². The molecule has 1 amide bonds. The first kappa shape index (κ1) is 9.48. The van der Waals surface area contributed by atoms with Crippen molar-refractivity contribution in [1.82, 2.24) is 10.4 Å².